The number of amides is 2. The molecule has 0 radical (unpaired) electrons. The summed E-state index contributed by atoms with van der Waals surface area (Å²) in [4.78, 5) is 30.9. The van der Waals surface area contributed by atoms with Gasteiger partial charge >= 0.3 is 0 Å². The lowest BCUT2D eigenvalue weighted by Crippen LogP contribution is -2.53. The molecule has 0 N–H and O–H groups in total. The fraction of sp³-hybridized carbons (Fsp3) is 0.667. The van der Waals surface area contributed by atoms with Crippen molar-refractivity contribution in [1.82, 2.24) is 9.21 Å². The zero-order valence-corrected chi connectivity index (χ0v) is 20.7. The lowest BCUT2D eigenvalue weighted by atomic mass is 9.78. The molecule has 5 rings (SSSR count). The third-order valence-corrected chi connectivity index (χ3v) is 10.6. The third-order valence-electron chi connectivity index (χ3n) is 7.68. The Morgan fingerprint density at radius 1 is 0.970 bits per heavy atom. The van der Waals surface area contributed by atoms with Gasteiger partial charge < -0.3 is 9.80 Å². The number of carbonyl (C=O) groups excluding carboxylic acids is 2. The largest absolute Gasteiger partial charge is 0.338 e. The highest BCUT2D eigenvalue weighted by Crippen LogP contribution is 2.39. The summed E-state index contributed by atoms with van der Waals surface area (Å²) < 4.78 is 28.0. The Labute approximate surface area is 200 Å². The number of likely N-dealkylation sites (tertiary alicyclic amines) is 1. The molecule has 4 aliphatic rings. The molecule has 0 spiro atoms. The molecule has 2 amide bonds. The number of fused-ring (bicyclic) bond motifs is 2. The highest BCUT2D eigenvalue weighted by molar-refractivity contribution is 8.00. The number of piperidine rings is 2. The molecule has 0 unspecified atom stereocenters. The number of rotatable bonds is 4. The average Bonchev–Trinajstić information content (AvgIpc) is 2.85. The summed E-state index contributed by atoms with van der Waals surface area (Å²) in [5, 5.41) is 0. The van der Waals surface area contributed by atoms with E-state index in [1.807, 2.05) is 4.90 Å². The van der Waals surface area contributed by atoms with Gasteiger partial charge in [-0.25, -0.2) is 8.42 Å². The Hall–Kier alpha value is -1.58. The van der Waals surface area contributed by atoms with Crippen molar-refractivity contribution in [3.8, 4) is 0 Å². The van der Waals surface area contributed by atoms with Crippen LogP contribution in [0.15, 0.2) is 28.0 Å². The summed E-state index contributed by atoms with van der Waals surface area (Å²) in [5.74, 6) is 0.704. The van der Waals surface area contributed by atoms with E-state index in [2.05, 4.69) is 0 Å². The summed E-state index contributed by atoms with van der Waals surface area (Å²) in [6, 6.07) is 5.33. The standard InChI is InChI=1S/C24H33N3O4S2/c28-23(26-14-6-8-18-7-2-3-9-20(18)26)16-27-21-15-19(10-11-22(21)32-17-24(27)29)33(30,31)25-12-4-1-5-13-25/h10-11,15,18,20H,1-9,12-14,16-17H2/t18-,20-/m0/s1. The van der Waals surface area contributed by atoms with Crippen LogP contribution in [0.4, 0.5) is 5.69 Å². The molecule has 33 heavy (non-hydrogen) atoms. The van der Waals surface area contributed by atoms with Gasteiger partial charge in [-0.3, -0.25) is 9.59 Å². The smallest absolute Gasteiger partial charge is 0.243 e. The van der Waals surface area contributed by atoms with Crippen LogP contribution in [0.2, 0.25) is 0 Å². The molecule has 9 heteroatoms. The molecular weight excluding hydrogens is 458 g/mol. The van der Waals surface area contributed by atoms with Crippen molar-refractivity contribution in [2.75, 3.05) is 36.8 Å². The predicted molar refractivity (Wildman–Crippen MR) is 129 cm³/mol. The van der Waals surface area contributed by atoms with Gasteiger partial charge in [0.05, 0.1) is 16.3 Å². The molecule has 0 bridgehead atoms. The first-order chi connectivity index (χ1) is 15.9. The molecule has 3 heterocycles. The fourth-order valence-electron chi connectivity index (χ4n) is 5.93. The van der Waals surface area contributed by atoms with E-state index in [9.17, 15) is 18.0 Å². The van der Waals surface area contributed by atoms with E-state index in [1.54, 1.807) is 22.5 Å². The number of hydrogen-bond acceptors (Lipinski definition) is 5. The molecule has 0 aromatic heterocycles. The first-order valence-electron chi connectivity index (χ1n) is 12.3. The minimum atomic E-state index is -3.61. The Morgan fingerprint density at radius 2 is 1.73 bits per heavy atom. The summed E-state index contributed by atoms with van der Waals surface area (Å²) in [7, 11) is -3.61. The quantitative estimate of drug-likeness (QED) is 0.644. The zero-order chi connectivity index (χ0) is 23.0. The number of benzene rings is 1. The number of nitrogens with zero attached hydrogens (tertiary/aromatic N) is 3. The fourth-order valence-corrected chi connectivity index (χ4v) is 8.38. The van der Waals surface area contributed by atoms with E-state index >= 15 is 0 Å². The second kappa shape index (κ2) is 9.58. The minimum absolute atomic E-state index is 0.0111. The molecule has 1 aromatic rings. The zero-order valence-electron chi connectivity index (χ0n) is 19.1. The molecule has 1 aromatic carbocycles. The van der Waals surface area contributed by atoms with E-state index in [1.165, 1.54) is 35.9 Å². The Morgan fingerprint density at radius 3 is 2.55 bits per heavy atom. The molecule has 3 aliphatic heterocycles. The van der Waals surface area contributed by atoms with Crippen LogP contribution in [-0.2, 0) is 19.6 Å². The van der Waals surface area contributed by atoms with Gasteiger partial charge in [0, 0.05) is 30.6 Å². The molecule has 1 saturated carbocycles. The van der Waals surface area contributed by atoms with Crippen molar-refractivity contribution >= 4 is 39.3 Å². The minimum Gasteiger partial charge on any atom is -0.338 e. The molecular formula is C24H33N3O4S2. The van der Waals surface area contributed by atoms with Crippen LogP contribution in [0.3, 0.4) is 0 Å². The first-order valence-corrected chi connectivity index (χ1v) is 14.7. The topological polar surface area (TPSA) is 78.0 Å². The van der Waals surface area contributed by atoms with Crippen LogP contribution in [0, 0.1) is 5.92 Å². The van der Waals surface area contributed by atoms with Gasteiger partial charge in [-0.1, -0.05) is 19.3 Å². The second-order valence-corrected chi connectivity index (χ2v) is 12.7. The monoisotopic (exact) mass is 491 g/mol. The van der Waals surface area contributed by atoms with Gasteiger partial charge in [0.1, 0.15) is 6.54 Å². The second-order valence-electron chi connectivity index (χ2n) is 9.70. The van der Waals surface area contributed by atoms with Crippen molar-refractivity contribution in [3.05, 3.63) is 18.2 Å². The van der Waals surface area contributed by atoms with Crippen LogP contribution < -0.4 is 4.90 Å². The molecule has 7 nitrogen and oxygen atoms in total. The van der Waals surface area contributed by atoms with Crippen LogP contribution in [0.25, 0.3) is 0 Å². The van der Waals surface area contributed by atoms with E-state index in [0.29, 0.717) is 30.7 Å². The van der Waals surface area contributed by atoms with Gasteiger partial charge in [0.15, 0.2) is 0 Å². The van der Waals surface area contributed by atoms with Crippen LogP contribution in [0.1, 0.15) is 57.8 Å². The lowest BCUT2D eigenvalue weighted by Gasteiger charge is -2.44. The number of carbonyl (C=O) groups is 2. The van der Waals surface area contributed by atoms with Crippen LogP contribution in [-0.4, -0.2) is 67.4 Å². The van der Waals surface area contributed by atoms with Crippen molar-refractivity contribution in [2.24, 2.45) is 5.92 Å². The Kier molecular flexibility index (Phi) is 6.73. The SMILES string of the molecule is O=C1CSc2ccc(S(=O)(=O)N3CCCCC3)cc2N1CC(=O)N1CCC[C@@H]2CCCC[C@@H]21. The lowest BCUT2D eigenvalue weighted by molar-refractivity contribution is -0.137. The predicted octanol–water partition coefficient (Wildman–Crippen LogP) is 3.48. The van der Waals surface area contributed by atoms with Gasteiger partial charge in [0.2, 0.25) is 21.8 Å². The van der Waals surface area contributed by atoms with E-state index in [4.69, 9.17) is 0 Å². The van der Waals surface area contributed by atoms with Gasteiger partial charge in [-0.2, -0.15) is 4.31 Å². The van der Waals surface area contributed by atoms with Crippen molar-refractivity contribution in [3.63, 3.8) is 0 Å². The number of thioether (sulfide) groups is 1. The average molecular weight is 492 g/mol. The molecule has 2 saturated heterocycles. The maximum atomic E-state index is 13.4. The molecule has 3 fully saturated rings. The molecule has 180 valence electrons. The van der Waals surface area contributed by atoms with E-state index < -0.39 is 10.0 Å². The van der Waals surface area contributed by atoms with Crippen molar-refractivity contribution in [1.29, 1.82) is 0 Å². The van der Waals surface area contributed by atoms with E-state index in [0.717, 1.165) is 50.0 Å². The summed E-state index contributed by atoms with van der Waals surface area (Å²) in [6.45, 7) is 1.81. The summed E-state index contributed by atoms with van der Waals surface area (Å²) in [5.41, 5.74) is 0.555. The van der Waals surface area contributed by atoms with Crippen molar-refractivity contribution < 1.29 is 18.0 Å². The third kappa shape index (κ3) is 4.56. The Balaban J connectivity index is 1.40. The van der Waals surface area contributed by atoms with Crippen molar-refractivity contribution in [2.45, 2.75) is 73.6 Å². The van der Waals surface area contributed by atoms with Crippen LogP contribution >= 0.6 is 11.8 Å². The number of anilines is 1. The maximum absolute atomic E-state index is 13.4. The number of hydrogen-bond donors (Lipinski definition) is 0. The Bertz CT molecular complexity index is 1020. The highest BCUT2D eigenvalue weighted by atomic mass is 32.2. The summed E-state index contributed by atoms with van der Waals surface area (Å²) in [6.07, 6.45) is 9.64. The highest BCUT2D eigenvalue weighted by Gasteiger charge is 2.38. The normalized spacial score (nSPS) is 26.6. The van der Waals surface area contributed by atoms with E-state index in [-0.39, 0.29) is 29.0 Å². The first kappa shape index (κ1) is 23.2. The summed E-state index contributed by atoms with van der Waals surface area (Å²) >= 11 is 1.41. The maximum Gasteiger partial charge on any atom is 0.243 e. The molecule has 2 atom stereocenters. The number of sulfonamides is 1. The van der Waals surface area contributed by atoms with Gasteiger partial charge in [-0.15, -0.1) is 11.8 Å². The van der Waals surface area contributed by atoms with Gasteiger partial charge in [0.25, 0.3) is 0 Å². The molecule has 1 aliphatic carbocycles. The van der Waals surface area contributed by atoms with Crippen LogP contribution in [0.5, 0.6) is 0 Å². The van der Waals surface area contributed by atoms with Gasteiger partial charge in [-0.05, 0) is 62.6 Å².